The lowest BCUT2D eigenvalue weighted by atomic mass is 9.90. The summed E-state index contributed by atoms with van der Waals surface area (Å²) in [6.45, 7) is 1.75. The van der Waals surface area contributed by atoms with Gasteiger partial charge in [-0.05, 0) is 42.3 Å². The fourth-order valence-electron chi connectivity index (χ4n) is 2.19. The maximum absolute atomic E-state index is 12.9. The average molecular weight is 313 g/mol. The van der Waals surface area contributed by atoms with E-state index < -0.39 is 5.60 Å². The molecular formula is C16H15Cl2FO. The summed E-state index contributed by atoms with van der Waals surface area (Å²) in [5, 5.41) is 11.4. The molecule has 1 atom stereocenters. The van der Waals surface area contributed by atoms with Crippen molar-refractivity contribution in [3.8, 4) is 0 Å². The topological polar surface area (TPSA) is 20.2 Å². The first-order valence-corrected chi connectivity index (χ1v) is 7.02. The van der Waals surface area contributed by atoms with E-state index in [0.29, 0.717) is 22.9 Å². The van der Waals surface area contributed by atoms with Crippen LogP contribution in [0.2, 0.25) is 10.0 Å². The van der Waals surface area contributed by atoms with Crippen LogP contribution in [0.5, 0.6) is 0 Å². The summed E-state index contributed by atoms with van der Waals surface area (Å²) in [6, 6.07) is 11.5. The predicted octanol–water partition coefficient (Wildman–Crippen LogP) is 4.67. The highest BCUT2D eigenvalue weighted by Crippen LogP contribution is 2.26. The fraction of sp³-hybridized carbons (Fsp3) is 0.250. The van der Waals surface area contributed by atoms with Crippen molar-refractivity contribution in [2.45, 2.75) is 25.4 Å². The summed E-state index contributed by atoms with van der Waals surface area (Å²) in [5.74, 6) is -0.280. The summed E-state index contributed by atoms with van der Waals surface area (Å²) in [6.07, 6.45) is 0.884. The van der Waals surface area contributed by atoms with Gasteiger partial charge < -0.3 is 5.11 Å². The van der Waals surface area contributed by atoms with E-state index in [2.05, 4.69) is 0 Å². The van der Waals surface area contributed by atoms with E-state index in [9.17, 15) is 9.50 Å². The van der Waals surface area contributed by atoms with Crippen molar-refractivity contribution in [3.05, 3.63) is 69.5 Å². The molecule has 0 fully saturated rings. The zero-order valence-corrected chi connectivity index (χ0v) is 12.5. The van der Waals surface area contributed by atoms with E-state index in [0.717, 1.165) is 11.1 Å². The molecule has 20 heavy (non-hydrogen) atoms. The van der Waals surface area contributed by atoms with Crippen molar-refractivity contribution in [3.63, 3.8) is 0 Å². The molecule has 0 aliphatic carbocycles. The first kappa shape index (κ1) is 15.3. The van der Waals surface area contributed by atoms with Crippen LogP contribution in [0.4, 0.5) is 4.39 Å². The van der Waals surface area contributed by atoms with Gasteiger partial charge in [0.25, 0.3) is 0 Å². The van der Waals surface area contributed by atoms with Gasteiger partial charge in [0.2, 0.25) is 0 Å². The highest BCUT2D eigenvalue weighted by atomic mass is 35.5. The molecule has 2 aromatic carbocycles. The van der Waals surface area contributed by atoms with Crippen molar-refractivity contribution in [1.29, 1.82) is 0 Å². The Hall–Kier alpha value is -1.09. The molecule has 2 aromatic rings. The van der Waals surface area contributed by atoms with Crippen molar-refractivity contribution in [2.75, 3.05) is 0 Å². The molecule has 4 heteroatoms. The first-order valence-electron chi connectivity index (χ1n) is 6.26. The maximum atomic E-state index is 12.9. The standard InChI is InChI=1S/C16H15Cl2FO/c1-16(20,9-11-2-5-13(19)6-3-11)10-12-4-7-14(17)15(18)8-12/h2-8,20H,9-10H2,1H3. The Balaban J connectivity index is 2.09. The minimum Gasteiger partial charge on any atom is -0.389 e. The minimum absolute atomic E-state index is 0.280. The van der Waals surface area contributed by atoms with E-state index in [-0.39, 0.29) is 5.82 Å². The predicted molar refractivity (Wildman–Crippen MR) is 80.9 cm³/mol. The SMILES string of the molecule is CC(O)(Cc1ccc(F)cc1)Cc1ccc(Cl)c(Cl)c1. The van der Waals surface area contributed by atoms with Crippen molar-refractivity contribution in [2.24, 2.45) is 0 Å². The van der Waals surface area contributed by atoms with Gasteiger partial charge in [0.15, 0.2) is 0 Å². The van der Waals surface area contributed by atoms with Crippen LogP contribution in [0.15, 0.2) is 42.5 Å². The largest absolute Gasteiger partial charge is 0.389 e. The second-order valence-corrected chi connectivity index (χ2v) is 6.04. The van der Waals surface area contributed by atoms with E-state index in [4.69, 9.17) is 23.2 Å². The van der Waals surface area contributed by atoms with E-state index >= 15 is 0 Å². The zero-order valence-electron chi connectivity index (χ0n) is 11.0. The Kier molecular flexibility index (Phi) is 4.69. The second kappa shape index (κ2) is 6.13. The Morgan fingerprint density at radius 3 is 2.10 bits per heavy atom. The van der Waals surface area contributed by atoms with Crippen LogP contribution in [0.1, 0.15) is 18.1 Å². The van der Waals surface area contributed by atoms with Crippen LogP contribution in [-0.4, -0.2) is 10.7 Å². The summed E-state index contributed by atoms with van der Waals surface area (Å²) >= 11 is 11.8. The number of hydrogen-bond donors (Lipinski definition) is 1. The molecule has 0 saturated heterocycles. The molecule has 0 bridgehead atoms. The molecule has 0 amide bonds. The Morgan fingerprint density at radius 1 is 0.950 bits per heavy atom. The molecule has 0 heterocycles. The van der Waals surface area contributed by atoms with Gasteiger partial charge in [-0.3, -0.25) is 0 Å². The lowest BCUT2D eigenvalue weighted by Gasteiger charge is -2.23. The quantitative estimate of drug-likeness (QED) is 0.870. The highest BCUT2D eigenvalue weighted by Gasteiger charge is 2.22. The van der Waals surface area contributed by atoms with Gasteiger partial charge in [0.1, 0.15) is 5.82 Å². The third kappa shape index (κ3) is 4.20. The number of benzene rings is 2. The molecule has 0 aliphatic rings. The van der Waals surface area contributed by atoms with Crippen LogP contribution < -0.4 is 0 Å². The summed E-state index contributed by atoms with van der Waals surface area (Å²) in [7, 11) is 0. The van der Waals surface area contributed by atoms with Gasteiger partial charge in [-0.1, -0.05) is 41.4 Å². The van der Waals surface area contributed by atoms with Gasteiger partial charge in [-0.15, -0.1) is 0 Å². The van der Waals surface area contributed by atoms with Crippen molar-refractivity contribution >= 4 is 23.2 Å². The maximum Gasteiger partial charge on any atom is 0.123 e. The summed E-state index contributed by atoms with van der Waals surface area (Å²) < 4.78 is 12.9. The van der Waals surface area contributed by atoms with Crippen LogP contribution in [0.3, 0.4) is 0 Å². The molecule has 1 nitrogen and oxygen atoms in total. The molecule has 0 aromatic heterocycles. The normalized spacial score (nSPS) is 14.1. The third-order valence-electron chi connectivity index (χ3n) is 3.07. The van der Waals surface area contributed by atoms with Gasteiger partial charge in [-0.2, -0.15) is 0 Å². The number of hydrogen-bond acceptors (Lipinski definition) is 1. The van der Waals surface area contributed by atoms with Gasteiger partial charge in [-0.25, -0.2) is 4.39 Å². The fourth-order valence-corrected chi connectivity index (χ4v) is 2.51. The lowest BCUT2D eigenvalue weighted by Crippen LogP contribution is -2.30. The minimum atomic E-state index is -0.936. The average Bonchev–Trinajstić information content (AvgIpc) is 2.36. The Labute approximate surface area is 128 Å². The van der Waals surface area contributed by atoms with Gasteiger partial charge >= 0.3 is 0 Å². The Bertz CT molecular complexity index is 594. The van der Waals surface area contributed by atoms with E-state index in [1.807, 2.05) is 6.07 Å². The van der Waals surface area contributed by atoms with Gasteiger partial charge in [0, 0.05) is 12.8 Å². The first-order chi connectivity index (χ1) is 9.35. The smallest absolute Gasteiger partial charge is 0.123 e. The number of aliphatic hydroxyl groups is 1. The number of halogens is 3. The summed E-state index contributed by atoms with van der Waals surface area (Å²) in [4.78, 5) is 0. The zero-order chi connectivity index (χ0) is 14.8. The monoisotopic (exact) mass is 312 g/mol. The van der Waals surface area contributed by atoms with Crippen LogP contribution in [-0.2, 0) is 12.8 Å². The lowest BCUT2D eigenvalue weighted by molar-refractivity contribution is 0.0608. The second-order valence-electron chi connectivity index (χ2n) is 5.23. The third-order valence-corrected chi connectivity index (χ3v) is 3.81. The molecular weight excluding hydrogens is 298 g/mol. The Morgan fingerprint density at radius 2 is 1.50 bits per heavy atom. The summed E-state index contributed by atoms with van der Waals surface area (Å²) in [5.41, 5.74) is 0.859. The van der Waals surface area contributed by atoms with Crippen LogP contribution in [0.25, 0.3) is 0 Å². The molecule has 0 spiro atoms. The van der Waals surface area contributed by atoms with Crippen LogP contribution >= 0.6 is 23.2 Å². The molecule has 1 unspecified atom stereocenters. The molecule has 106 valence electrons. The van der Waals surface area contributed by atoms with Crippen LogP contribution in [0, 0.1) is 5.82 Å². The van der Waals surface area contributed by atoms with Gasteiger partial charge in [0.05, 0.1) is 15.6 Å². The van der Waals surface area contributed by atoms with Crippen molar-refractivity contribution in [1.82, 2.24) is 0 Å². The van der Waals surface area contributed by atoms with E-state index in [1.165, 1.54) is 12.1 Å². The molecule has 0 saturated carbocycles. The van der Waals surface area contributed by atoms with Crippen molar-refractivity contribution < 1.29 is 9.50 Å². The molecule has 1 N–H and O–H groups in total. The number of rotatable bonds is 4. The molecule has 2 rings (SSSR count). The molecule has 0 aliphatic heterocycles. The highest BCUT2D eigenvalue weighted by molar-refractivity contribution is 6.42. The van der Waals surface area contributed by atoms with E-state index in [1.54, 1.807) is 31.2 Å². The molecule has 0 radical (unpaired) electrons.